The summed E-state index contributed by atoms with van der Waals surface area (Å²) in [6.07, 6.45) is 8.72. The highest BCUT2D eigenvalue weighted by Crippen LogP contribution is 2.38. The lowest BCUT2D eigenvalue weighted by Gasteiger charge is -2.17. The van der Waals surface area contributed by atoms with Gasteiger partial charge in [0.15, 0.2) is 0 Å². The van der Waals surface area contributed by atoms with Crippen LogP contribution in [0.4, 0.5) is 0 Å². The zero-order valence-corrected chi connectivity index (χ0v) is 20.4. The van der Waals surface area contributed by atoms with Crippen LogP contribution in [0.15, 0.2) is 97.1 Å². The van der Waals surface area contributed by atoms with Crippen molar-refractivity contribution in [1.29, 1.82) is 0 Å². The predicted octanol–water partition coefficient (Wildman–Crippen LogP) is 10.0. The monoisotopic (exact) mass is 438 g/mol. The maximum atomic E-state index is 2.35. The topological polar surface area (TPSA) is 0 Å². The average molecular weight is 439 g/mol. The third-order valence-corrected chi connectivity index (χ3v) is 6.92. The van der Waals surface area contributed by atoms with Gasteiger partial charge in [0.2, 0.25) is 0 Å². The van der Waals surface area contributed by atoms with Crippen molar-refractivity contribution in [2.75, 3.05) is 0 Å². The normalized spacial score (nSPS) is 11.9. The van der Waals surface area contributed by atoms with Gasteiger partial charge in [0.1, 0.15) is 0 Å². The number of rotatable bonds is 4. The second kappa shape index (κ2) is 9.15. The first-order valence-electron chi connectivity index (χ1n) is 12.0. The van der Waals surface area contributed by atoms with Crippen LogP contribution in [0.25, 0.3) is 56.0 Å². The van der Waals surface area contributed by atoms with Gasteiger partial charge < -0.3 is 0 Å². The minimum atomic E-state index is 1.25. The van der Waals surface area contributed by atoms with Gasteiger partial charge >= 0.3 is 0 Å². The molecule has 0 aliphatic rings. The van der Waals surface area contributed by atoms with Gasteiger partial charge in [0.05, 0.1) is 0 Å². The highest BCUT2D eigenvalue weighted by atomic mass is 14.2. The van der Waals surface area contributed by atoms with Crippen molar-refractivity contribution in [2.24, 2.45) is 0 Å². The molecule has 0 saturated heterocycles. The summed E-state index contributed by atoms with van der Waals surface area (Å²) in [6.45, 7) is 8.64. The van der Waals surface area contributed by atoms with Crippen molar-refractivity contribution < 1.29 is 0 Å². The first kappa shape index (κ1) is 21.9. The molecule has 0 aliphatic heterocycles. The largest absolute Gasteiger partial charge is 0.0871 e. The van der Waals surface area contributed by atoms with Crippen LogP contribution in [0.3, 0.4) is 0 Å². The lowest BCUT2D eigenvalue weighted by molar-refractivity contribution is 1.31. The lowest BCUT2D eigenvalue weighted by atomic mass is 9.87. The number of hydrogen-bond acceptors (Lipinski definition) is 0. The van der Waals surface area contributed by atoms with E-state index < -0.39 is 0 Å². The fraction of sp³-hybridized carbons (Fsp3) is 0.118. The highest BCUT2D eigenvalue weighted by Gasteiger charge is 2.13. The summed E-state index contributed by atoms with van der Waals surface area (Å²) in [7, 11) is 0. The summed E-state index contributed by atoms with van der Waals surface area (Å²) in [5, 5.41) is 5.18. The van der Waals surface area contributed by atoms with Gasteiger partial charge in [0, 0.05) is 0 Å². The van der Waals surface area contributed by atoms with Gasteiger partial charge in [-0.1, -0.05) is 91.0 Å². The molecule has 0 fully saturated rings. The van der Waals surface area contributed by atoms with Gasteiger partial charge in [-0.3, -0.25) is 0 Å². The molecule has 0 aromatic heterocycles. The predicted molar refractivity (Wildman–Crippen MR) is 151 cm³/mol. The number of fused-ring (bicyclic) bond motifs is 3. The number of allylic oxidation sites excluding steroid dienone is 2. The van der Waals surface area contributed by atoms with Crippen LogP contribution in [0.2, 0.25) is 0 Å². The van der Waals surface area contributed by atoms with E-state index in [1.165, 1.54) is 66.1 Å². The molecule has 5 aromatic rings. The minimum absolute atomic E-state index is 1.25. The zero-order chi connectivity index (χ0) is 23.7. The standard InChI is InChI=1S/C34H30/c1-5-12-25-21-33(29(13-6-2)24(4)23(25)3)26-15-11-16-27(20-26)34-22-28-14-7-8-17-30(28)31-18-9-10-19-32(31)34/h5-22H,1-4H3/b12-5-,13-6-. The molecule has 0 atom stereocenters. The molecular formula is C34H30. The Bertz CT molecular complexity index is 1580. The van der Waals surface area contributed by atoms with Crippen molar-refractivity contribution in [3.63, 3.8) is 0 Å². The first-order chi connectivity index (χ1) is 16.6. The van der Waals surface area contributed by atoms with Crippen molar-refractivity contribution in [3.05, 3.63) is 119 Å². The third kappa shape index (κ3) is 3.76. The SMILES string of the molecule is C/C=C\c1cc(-c2cccc(-c3cc4ccccc4c4ccccc34)c2)c(/C=C\C)c(C)c1C. The Labute approximate surface area is 202 Å². The number of hydrogen-bond donors (Lipinski definition) is 0. The fourth-order valence-electron chi connectivity index (χ4n) is 5.08. The molecule has 5 aromatic carbocycles. The van der Waals surface area contributed by atoms with Gasteiger partial charge in [-0.05, 0) is 112 Å². The molecule has 0 saturated carbocycles. The van der Waals surface area contributed by atoms with Gasteiger partial charge in [-0.2, -0.15) is 0 Å². The lowest BCUT2D eigenvalue weighted by Crippen LogP contribution is -1.95. The van der Waals surface area contributed by atoms with Crippen molar-refractivity contribution >= 4 is 33.7 Å². The Kier molecular flexibility index (Phi) is 5.90. The van der Waals surface area contributed by atoms with Gasteiger partial charge in [0.25, 0.3) is 0 Å². The summed E-state index contributed by atoms with van der Waals surface area (Å²) in [5.74, 6) is 0. The Morgan fingerprint density at radius 2 is 1.18 bits per heavy atom. The van der Waals surface area contributed by atoms with Crippen molar-refractivity contribution in [3.8, 4) is 22.3 Å². The Morgan fingerprint density at radius 3 is 1.91 bits per heavy atom. The summed E-state index contributed by atoms with van der Waals surface area (Å²) in [5.41, 5.74) is 10.3. The van der Waals surface area contributed by atoms with Crippen LogP contribution in [-0.4, -0.2) is 0 Å². The fourth-order valence-corrected chi connectivity index (χ4v) is 5.08. The second-order valence-corrected chi connectivity index (χ2v) is 8.95. The van der Waals surface area contributed by atoms with E-state index in [2.05, 4.69) is 137 Å². The summed E-state index contributed by atoms with van der Waals surface area (Å²) in [6, 6.07) is 31.2. The van der Waals surface area contributed by atoms with E-state index >= 15 is 0 Å². The molecule has 166 valence electrons. The quantitative estimate of drug-likeness (QED) is 0.245. The molecule has 0 heterocycles. The molecule has 0 unspecified atom stereocenters. The molecule has 0 heteroatoms. The van der Waals surface area contributed by atoms with Crippen LogP contribution >= 0.6 is 0 Å². The van der Waals surface area contributed by atoms with Crippen LogP contribution in [0.5, 0.6) is 0 Å². The van der Waals surface area contributed by atoms with E-state index in [1.54, 1.807) is 0 Å². The number of benzene rings is 5. The Hall–Kier alpha value is -3.90. The van der Waals surface area contributed by atoms with Crippen molar-refractivity contribution in [1.82, 2.24) is 0 Å². The second-order valence-electron chi connectivity index (χ2n) is 8.95. The van der Waals surface area contributed by atoms with Gasteiger partial charge in [-0.15, -0.1) is 0 Å². The maximum absolute atomic E-state index is 2.35. The highest BCUT2D eigenvalue weighted by molar-refractivity contribution is 6.13. The van der Waals surface area contributed by atoms with Crippen LogP contribution in [-0.2, 0) is 0 Å². The van der Waals surface area contributed by atoms with E-state index in [1.807, 2.05) is 0 Å². The van der Waals surface area contributed by atoms with E-state index in [-0.39, 0.29) is 0 Å². The van der Waals surface area contributed by atoms with Crippen LogP contribution in [0, 0.1) is 13.8 Å². The minimum Gasteiger partial charge on any atom is -0.0871 e. The molecule has 0 nitrogen and oxygen atoms in total. The Morgan fingerprint density at radius 1 is 0.529 bits per heavy atom. The Balaban J connectivity index is 1.77. The van der Waals surface area contributed by atoms with Crippen molar-refractivity contribution in [2.45, 2.75) is 27.7 Å². The van der Waals surface area contributed by atoms with Crippen LogP contribution in [0.1, 0.15) is 36.1 Å². The van der Waals surface area contributed by atoms with E-state index in [4.69, 9.17) is 0 Å². The molecule has 34 heavy (non-hydrogen) atoms. The molecule has 0 spiro atoms. The molecule has 0 N–H and O–H groups in total. The molecular weight excluding hydrogens is 408 g/mol. The summed E-state index contributed by atoms with van der Waals surface area (Å²) in [4.78, 5) is 0. The first-order valence-corrected chi connectivity index (χ1v) is 12.0. The van der Waals surface area contributed by atoms with E-state index in [0.29, 0.717) is 0 Å². The average Bonchev–Trinajstić information content (AvgIpc) is 2.88. The smallest absolute Gasteiger partial charge is 0.00988 e. The molecule has 0 aliphatic carbocycles. The maximum Gasteiger partial charge on any atom is -0.00988 e. The molecule has 0 bridgehead atoms. The zero-order valence-electron chi connectivity index (χ0n) is 20.4. The van der Waals surface area contributed by atoms with E-state index in [9.17, 15) is 0 Å². The summed E-state index contributed by atoms with van der Waals surface area (Å²) < 4.78 is 0. The van der Waals surface area contributed by atoms with Crippen LogP contribution < -0.4 is 0 Å². The van der Waals surface area contributed by atoms with Gasteiger partial charge in [-0.25, -0.2) is 0 Å². The molecule has 0 radical (unpaired) electrons. The summed E-state index contributed by atoms with van der Waals surface area (Å²) >= 11 is 0. The molecule has 0 amide bonds. The molecule has 5 rings (SSSR count). The van der Waals surface area contributed by atoms with E-state index in [0.717, 1.165) is 0 Å². The third-order valence-electron chi connectivity index (χ3n) is 6.92.